The van der Waals surface area contributed by atoms with E-state index < -0.39 is 0 Å². The molecular weight excluding hydrogens is 300 g/mol. The van der Waals surface area contributed by atoms with Crippen molar-refractivity contribution in [2.45, 2.75) is 25.9 Å². The molecule has 21 heavy (non-hydrogen) atoms. The van der Waals surface area contributed by atoms with E-state index in [2.05, 4.69) is 58.7 Å². The van der Waals surface area contributed by atoms with Gasteiger partial charge < -0.3 is 9.88 Å². The lowest BCUT2D eigenvalue weighted by atomic mass is 10.2. The highest BCUT2D eigenvalue weighted by atomic mass is 35.5. The molecule has 1 atom stereocenters. The van der Waals surface area contributed by atoms with Crippen molar-refractivity contribution in [2.24, 2.45) is 0 Å². The molecule has 0 saturated carbocycles. The van der Waals surface area contributed by atoms with Gasteiger partial charge in [0.05, 0.1) is 4.34 Å². The molecule has 3 aromatic rings. The molecule has 0 spiro atoms. The SMILES string of the molecule is CC(NCCCn1ccc2ccccc21)c1csc(Cl)c1. The molecule has 1 aromatic carbocycles. The van der Waals surface area contributed by atoms with E-state index in [0.717, 1.165) is 23.8 Å². The zero-order valence-corrected chi connectivity index (χ0v) is 13.6. The lowest BCUT2D eigenvalue weighted by Gasteiger charge is -2.13. The summed E-state index contributed by atoms with van der Waals surface area (Å²) in [6.45, 7) is 4.22. The zero-order valence-electron chi connectivity index (χ0n) is 12.1. The average Bonchev–Trinajstić information content (AvgIpc) is 3.10. The van der Waals surface area contributed by atoms with Gasteiger partial charge in [-0.15, -0.1) is 11.3 Å². The van der Waals surface area contributed by atoms with Crippen molar-refractivity contribution in [3.63, 3.8) is 0 Å². The van der Waals surface area contributed by atoms with Crippen molar-refractivity contribution in [3.8, 4) is 0 Å². The topological polar surface area (TPSA) is 17.0 Å². The first kappa shape index (κ1) is 14.6. The average molecular weight is 319 g/mol. The Hall–Kier alpha value is -1.29. The van der Waals surface area contributed by atoms with Crippen molar-refractivity contribution in [1.82, 2.24) is 9.88 Å². The zero-order chi connectivity index (χ0) is 14.7. The molecule has 0 radical (unpaired) electrons. The second kappa shape index (κ2) is 6.65. The minimum atomic E-state index is 0.357. The summed E-state index contributed by atoms with van der Waals surface area (Å²) in [4.78, 5) is 0. The number of halogens is 1. The summed E-state index contributed by atoms with van der Waals surface area (Å²) in [5.74, 6) is 0. The molecule has 1 unspecified atom stereocenters. The standard InChI is InChI=1S/C17H19ClN2S/c1-13(15-11-17(18)21-12-15)19-8-4-9-20-10-7-14-5-2-3-6-16(14)20/h2-3,5-7,10-13,19H,4,8-9H2,1H3. The van der Waals surface area contributed by atoms with Crippen molar-refractivity contribution < 1.29 is 0 Å². The van der Waals surface area contributed by atoms with Crippen LogP contribution in [-0.4, -0.2) is 11.1 Å². The summed E-state index contributed by atoms with van der Waals surface area (Å²) >= 11 is 7.57. The molecule has 1 N–H and O–H groups in total. The molecule has 2 heterocycles. The summed E-state index contributed by atoms with van der Waals surface area (Å²) in [5, 5.41) is 6.99. The van der Waals surface area contributed by atoms with E-state index in [9.17, 15) is 0 Å². The number of aromatic nitrogens is 1. The molecule has 0 amide bonds. The number of fused-ring (bicyclic) bond motifs is 1. The van der Waals surface area contributed by atoms with Crippen LogP contribution in [0.15, 0.2) is 48.0 Å². The van der Waals surface area contributed by atoms with Crippen LogP contribution in [0.1, 0.15) is 24.9 Å². The van der Waals surface area contributed by atoms with Crippen LogP contribution in [0.5, 0.6) is 0 Å². The molecule has 3 rings (SSSR count). The Balaban J connectivity index is 1.50. The number of hydrogen-bond acceptors (Lipinski definition) is 2. The Morgan fingerprint density at radius 3 is 2.95 bits per heavy atom. The smallest absolute Gasteiger partial charge is 0.0931 e. The van der Waals surface area contributed by atoms with Crippen LogP contribution in [0.3, 0.4) is 0 Å². The number of aryl methyl sites for hydroxylation is 1. The van der Waals surface area contributed by atoms with Gasteiger partial charge in [0, 0.05) is 24.3 Å². The van der Waals surface area contributed by atoms with Crippen molar-refractivity contribution in [1.29, 1.82) is 0 Å². The molecule has 0 saturated heterocycles. The Morgan fingerprint density at radius 2 is 2.14 bits per heavy atom. The number of thiophene rings is 1. The number of para-hydroxylation sites is 1. The minimum Gasteiger partial charge on any atom is -0.347 e. The predicted octanol–water partition coefficient (Wildman–Crippen LogP) is 5.10. The maximum absolute atomic E-state index is 5.98. The molecule has 0 fully saturated rings. The Kier molecular flexibility index (Phi) is 4.63. The number of benzene rings is 1. The number of nitrogens with one attached hydrogen (secondary N) is 1. The summed E-state index contributed by atoms with van der Waals surface area (Å²) in [7, 11) is 0. The molecule has 0 bridgehead atoms. The molecule has 2 aromatic heterocycles. The molecule has 0 aliphatic carbocycles. The van der Waals surface area contributed by atoms with Crippen LogP contribution >= 0.6 is 22.9 Å². The molecule has 2 nitrogen and oxygen atoms in total. The largest absolute Gasteiger partial charge is 0.347 e. The van der Waals surface area contributed by atoms with Gasteiger partial charge in [-0.2, -0.15) is 0 Å². The van der Waals surface area contributed by atoms with Gasteiger partial charge in [-0.25, -0.2) is 0 Å². The molecule has 0 aliphatic rings. The minimum absolute atomic E-state index is 0.357. The normalized spacial score (nSPS) is 12.9. The van der Waals surface area contributed by atoms with Crippen molar-refractivity contribution >= 4 is 33.8 Å². The van der Waals surface area contributed by atoms with Crippen LogP contribution < -0.4 is 5.32 Å². The van der Waals surface area contributed by atoms with E-state index in [-0.39, 0.29) is 0 Å². The molecule has 0 aliphatic heterocycles. The fourth-order valence-corrected chi connectivity index (χ4v) is 3.56. The second-order valence-corrected chi connectivity index (χ2v) is 6.82. The highest BCUT2D eigenvalue weighted by Crippen LogP contribution is 2.24. The fourth-order valence-electron chi connectivity index (χ4n) is 2.57. The number of hydrogen-bond donors (Lipinski definition) is 1. The number of rotatable bonds is 6. The lowest BCUT2D eigenvalue weighted by Crippen LogP contribution is -2.20. The highest BCUT2D eigenvalue weighted by Gasteiger charge is 2.06. The molecular formula is C17H19ClN2S. The van der Waals surface area contributed by atoms with Gasteiger partial charge in [-0.1, -0.05) is 29.8 Å². The van der Waals surface area contributed by atoms with E-state index >= 15 is 0 Å². The van der Waals surface area contributed by atoms with E-state index in [4.69, 9.17) is 11.6 Å². The van der Waals surface area contributed by atoms with Crippen molar-refractivity contribution in [2.75, 3.05) is 6.54 Å². The van der Waals surface area contributed by atoms with Gasteiger partial charge in [0.15, 0.2) is 0 Å². The summed E-state index contributed by atoms with van der Waals surface area (Å²) in [6.07, 6.45) is 3.29. The third-order valence-corrected chi connectivity index (χ3v) is 4.90. The Bertz CT molecular complexity index is 716. The summed E-state index contributed by atoms with van der Waals surface area (Å²) in [6, 6.07) is 13.1. The van der Waals surface area contributed by atoms with Gasteiger partial charge in [-0.3, -0.25) is 0 Å². The quantitative estimate of drug-likeness (QED) is 0.626. The monoisotopic (exact) mass is 318 g/mol. The molecule has 110 valence electrons. The van der Waals surface area contributed by atoms with Crippen LogP contribution in [0.4, 0.5) is 0 Å². The first-order chi connectivity index (χ1) is 10.2. The lowest BCUT2D eigenvalue weighted by molar-refractivity contribution is 0.532. The van der Waals surface area contributed by atoms with E-state index in [1.165, 1.54) is 16.5 Å². The first-order valence-electron chi connectivity index (χ1n) is 7.25. The van der Waals surface area contributed by atoms with E-state index in [1.54, 1.807) is 11.3 Å². The third kappa shape index (κ3) is 3.49. The predicted molar refractivity (Wildman–Crippen MR) is 92.3 cm³/mol. The number of nitrogens with zero attached hydrogens (tertiary/aromatic N) is 1. The summed E-state index contributed by atoms with van der Waals surface area (Å²) in [5.41, 5.74) is 2.59. The Morgan fingerprint density at radius 1 is 1.29 bits per heavy atom. The van der Waals surface area contributed by atoms with Crippen LogP contribution in [-0.2, 0) is 6.54 Å². The Labute approximate surface area is 134 Å². The molecule has 4 heteroatoms. The van der Waals surface area contributed by atoms with Crippen molar-refractivity contribution in [3.05, 3.63) is 57.9 Å². The van der Waals surface area contributed by atoms with E-state index in [0.29, 0.717) is 6.04 Å². The van der Waals surface area contributed by atoms with Gasteiger partial charge >= 0.3 is 0 Å². The van der Waals surface area contributed by atoms with Crippen LogP contribution in [0.25, 0.3) is 10.9 Å². The van der Waals surface area contributed by atoms with Gasteiger partial charge in [0.25, 0.3) is 0 Å². The van der Waals surface area contributed by atoms with Gasteiger partial charge in [-0.05, 0) is 54.4 Å². The van der Waals surface area contributed by atoms with Gasteiger partial charge in [0.2, 0.25) is 0 Å². The second-order valence-electron chi connectivity index (χ2n) is 5.28. The van der Waals surface area contributed by atoms with E-state index in [1.807, 2.05) is 6.07 Å². The summed E-state index contributed by atoms with van der Waals surface area (Å²) < 4.78 is 3.18. The maximum atomic E-state index is 5.98. The van der Waals surface area contributed by atoms with Crippen LogP contribution in [0, 0.1) is 0 Å². The third-order valence-electron chi connectivity index (χ3n) is 3.79. The van der Waals surface area contributed by atoms with Crippen LogP contribution in [0.2, 0.25) is 4.34 Å². The first-order valence-corrected chi connectivity index (χ1v) is 8.51. The maximum Gasteiger partial charge on any atom is 0.0931 e. The highest BCUT2D eigenvalue weighted by molar-refractivity contribution is 7.14. The van der Waals surface area contributed by atoms with Gasteiger partial charge in [0.1, 0.15) is 0 Å². The fraction of sp³-hybridized carbons (Fsp3) is 0.294.